The van der Waals surface area contributed by atoms with E-state index in [1.165, 1.54) is 64.6 Å². The Balaban J connectivity index is 0.687. The second-order valence-corrected chi connectivity index (χ2v) is 21.4. The van der Waals surface area contributed by atoms with Gasteiger partial charge in [-0.05, 0) is 110 Å². The fourth-order valence-electron chi connectivity index (χ4n) is 12.1. The minimum Gasteiger partial charge on any atom is -0.208 e. The van der Waals surface area contributed by atoms with Crippen molar-refractivity contribution < 1.29 is 0 Å². The summed E-state index contributed by atoms with van der Waals surface area (Å²) < 4.78 is 0. The second kappa shape index (κ2) is 20.3. The summed E-state index contributed by atoms with van der Waals surface area (Å²) in [6.45, 7) is 0. The van der Waals surface area contributed by atoms with Crippen LogP contribution in [0.2, 0.25) is 0 Å². The lowest BCUT2D eigenvalue weighted by Crippen LogP contribution is -2.00. The number of fused-ring (bicyclic) bond motifs is 12. The molecule has 16 rings (SSSR count). The summed E-state index contributed by atoms with van der Waals surface area (Å²) >= 11 is 0. The molecule has 0 aliphatic rings. The molecule has 0 aliphatic carbocycles. The molecule has 0 aliphatic heterocycles. The average Bonchev–Trinajstić information content (AvgIpc) is 3.57. The number of aromatic nitrogens is 6. The number of benzene rings is 14. The first-order valence-corrected chi connectivity index (χ1v) is 28.3. The molecule has 0 N–H and O–H groups in total. The molecule has 0 fully saturated rings. The Morgan fingerprint density at radius 1 is 0.119 bits per heavy atom. The van der Waals surface area contributed by atoms with Gasteiger partial charge in [0.2, 0.25) is 0 Å². The van der Waals surface area contributed by atoms with E-state index in [9.17, 15) is 0 Å². The number of nitrogens with zero attached hydrogens (tertiary/aromatic N) is 6. The Bertz CT molecular complexity index is 4800. The number of rotatable bonds is 9. The zero-order chi connectivity index (χ0) is 55.5. The Labute approximate surface area is 484 Å². The third-order valence-corrected chi connectivity index (χ3v) is 16.4. The maximum Gasteiger partial charge on any atom is 0.164 e. The highest BCUT2D eigenvalue weighted by molar-refractivity contribution is 6.27. The van der Waals surface area contributed by atoms with E-state index in [1.54, 1.807) is 0 Å². The smallest absolute Gasteiger partial charge is 0.164 e. The normalized spacial score (nSPS) is 11.6. The highest BCUT2D eigenvalue weighted by Gasteiger charge is 2.17. The van der Waals surface area contributed by atoms with Gasteiger partial charge in [-0.3, -0.25) is 0 Å². The molecule has 0 atom stereocenters. The van der Waals surface area contributed by atoms with Crippen LogP contribution in [0.5, 0.6) is 0 Å². The van der Waals surface area contributed by atoms with Gasteiger partial charge in [0.1, 0.15) is 0 Å². The number of hydrogen-bond acceptors (Lipinski definition) is 6. The summed E-state index contributed by atoms with van der Waals surface area (Å²) in [5, 5.41) is 15.1. The minimum absolute atomic E-state index is 0.601. The molecule has 16 aromatic rings. The molecule has 0 amide bonds. The van der Waals surface area contributed by atoms with Gasteiger partial charge in [0.25, 0.3) is 0 Å². The van der Waals surface area contributed by atoms with Crippen LogP contribution in [0.25, 0.3) is 166 Å². The zero-order valence-electron chi connectivity index (χ0n) is 45.4. The molecular formula is C78H48N6. The van der Waals surface area contributed by atoms with Gasteiger partial charge in [0.05, 0.1) is 0 Å². The molecule has 0 bridgehead atoms. The monoisotopic (exact) mass is 1070 g/mol. The molecule has 0 radical (unpaired) electrons. The Morgan fingerprint density at radius 2 is 0.286 bits per heavy atom. The fourth-order valence-corrected chi connectivity index (χ4v) is 12.1. The highest BCUT2D eigenvalue weighted by Crippen LogP contribution is 2.40. The van der Waals surface area contributed by atoms with Crippen LogP contribution in [0.4, 0.5) is 0 Å². The molecular weight excluding hydrogens is 1020 g/mol. The van der Waals surface area contributed by atoms with Crippen LogP contribution in [0.1, 0.15) is 0 Å². The maximum atomic E-state index is 5.12. The van der Waals surface area contributed by atoms with Gasteiger partial charge in [0.15, 0.2) is 34.9 Å². The fraction of sp³-hybridized carbons (Fsp3) is 0. The van der Waals surface area contributed by atoms with Crippen molar-refractivity contribution in [3.63, 3.8) is 0 Å². The van der Waals surface area contributed by atoms with Gasteiger partial charge >= 0.3 is 0 Å². The van der Waals surface area contributed by atoms with Crippen molar-refractivity contribution in [3.8, 4) is 102 Å². The van der Waals surface area contributed by atoms with Crippen molar-refractivity contribution in [2.45, 2.75) is 0 Å². The third-order valence-electron chi connectivity index (χ3n) is 16.4. The van der Waals surface area contributed by atoms with Gasteiger partial charge < -0.3 is 0 Å². The standard InChI is InChI=1S/C78H48N6/c1-3-15-53(16-4-1)73-79-75(83-77(81-73)57-39-31-51(32-40-57)59-43-45-69-65-23-9-7-19-61(65)63-21-11-13-25-67(63)71(69)47-59)55-35-27-49(28-36-55)50-29-37-56(38-30-50)76-80-74(54-17-5-2-6-18-54)82-78(84-76)58-41-33-52(34-42-58)60-44-46-70-66-24-10-8-20-62(66)64-22-12-14-26-68(64)72(70)48-60/h1-48H. The van der Waals surface area contributed by atoms with Gasteiger partial charge in [-0.1, -0.05) is 279 Å². The molecule has 84 heavy (non-hydrogen) atoms. The van der Waals surface area contributed by atoms with Crippen molar-refractivity contribution >= 4 is 64.6 Å². The van der Waals surface area contributed by atoms with Gasteiger partial charge in [-0.25, -0.2) is 29.9 Å². The Kier molecular flexibility index (Phi) is 11.8. The SMILES string of the molecule is c1ccc(-c2nc(-c3ccc(-c4ccc(-c5nc(-c6ccccc6)nc(-c6ccc(-c7ccc8c9ccccc9c9ccccc9c8c7)cc6)n5)cc4)cc3)nc(-c3ccc(-c4ccc5c6ccccc6c6ccccc6c5c4)cc3)n2)cc1. The molecule has 2 heterocycles. The van der Waals surface area contributed by atoms with Gasteiger partial charge in [-0.15, -0.1) is 0 Å². The van der Waals surface area contributed by atoms with E-state index >= 15 is 0 Å². The number of hydrogen-bond donors (Lipinski definition) is 0. The van der Waals surface area contributed by atoms with Crippen LogP contribution >= 0.6 is 0 Å². The van der Waals surface area contributed by atoms with Crippen LogP contribution in [-0.2, 0) is 0 Å². The second-order valence-electron chi connectivity index (χ2n) is 21.4. The Hall–Kier alpha value is -11.3. The molecule has 0 spiro atoms. The lowest BCUT2D eigenvalue weighted by molar-refractivity contribution is 1.07. The molecule has 14 aromatic carbocycles. The highest BCUT2D eigenvalue weighted by atomic mass is 15.0. The third kappa shape index (κ3) is 8.69. The van der Waals surface area contributed by atoms with Crippen molar-refractivity contribution in [2.75, 3.05) is 0 Å². The van der Waals surface area contributed by atoms with Crippen molar-refractivity contribution in [3.05, 3.63) is 291 Å². The zero-order valence-corrected chi connectivity index (χ0v) is 45.4. The van der Waals surface area contributed by atoms with Gasteiger partial charge in [-0.2, -0.15) is 0 Å². The minimum atomic E-state index is 0.601. The largest absolute Gasteiger partial charge is 0.208 e. The molecule has 0 unspecified atom stereocenters. The van der Waals surface area contributed by atoms with E-state index in [-0.39, 0.29) is 0 Å². The van der Waals surface area contributed by atoms with Crippen LogP contribution in [-0.4, -0.2) is 29.9 Å². The summed E-state index contributed by atoms with van der Waals surface area (Å²) in [7, 11) is 0. The molecule has 2 aromatic heterocycles. The summed E-state index contributed by atoms with van der Waals surface area (Å²) in [5.74, 6) is 3.66. The quantitative estimate of drug-likeness (QED) is 0.134. The van der Waals surface area contributed by atoms with E-state index in [0.29, 0.717) is 34.9 Å². The van der Waals surface area contributed by atoms with Crippen LogP contribution in [0, 0.1) is 0 Å². The first-order valence-electron chi connectivity index (χ1n) is 28.3. The molecule has 6 nitrogen and oxygen atoms in total. The van der Waals surface area contributed by atoms with Crippen LogP contribution in [0.15, 0.2) is 291 Å². The summed E-state index contributed by atoms with van der Waals surface area (Å²) in [4.78, 5) is 30.4. The van der Waals surface area contributed by atoms with E-state index in [0.717, 1.165) is 66.8 Å². The Morgan fingerprint density at radius 3 is 0.536 bits per heavy atom. The first-order chi connectivity index (χ1) is 41.6. The van der Waals surface area contributed by atoms with Crippen molar-refractivity contribution in [1.29, 1.82) is 0 Å². The van der Waals surface area contributed by atoms with Crippen molar-refractivity contribution in [1.82, 2.24) is 29.9 Å². The average molecular weight is 1070 g/mol. The maximum absolute atomic E-state index is 5.12. The summed E-state index contributed by atoms with van der Waals surface area (Å²) in [6, 6.07) is 103. The van der Waals surface area contributed by atoms with E-state index in [1.807, 2.05) is 60.7 Å². The van der Waals surface area contributed by atoms with E-state index in [4.69, 9.17) is 29.9 Å². The van der Waals surface area contributed by atoms with E-state index in [2.05, 4.69) is 231 Å². The summed E-state index contributed by atoms with van der Waals surface area (Å²) in [5.41, 5.74) is 12.1. The molecule has 0 saturated heterocycles. The van der Waals surface area contributed by atoms with Crippen LogP contribution < -0.4 is 0 Å². The lowest BCUT2D eigenvalue weighted by atomic mass is 9.92. The topological polar surface area (TPSA) is 77.3 Å². The van der Waals surface area contributed by atoms with Gasteiger partial charge in [0, 0.05) is 33.4 Å². The first kappa shape index (κ1) is 48.6. The lowest BCUT2D eigenvalue weighted by Gasteiger charge is -2.12. The predicted octanol–water partition coefficient (Wildman–Crippen LogP) is 20.0. The summed E-state index contributed by atoms with van der Waals surface area (Å²) in [6.07, 6.45) is 0. The van der Waals surface area contributed by atoms with Crippen molar-refractivity contribution in [2.24, 2.45) is 0 Å². The van der Waals surface area contributed by atoms with Crippen LogP contribution in [0.3, 0.4) is 0 Å². The predicted molar refractivity (Wildman–Crippen MR) is 347 cm³/mol. The van der Waals surface area contributed by atoms with E-state index < -0.39 is 0 Å². The molecule has 390 valence electrons. The molecule has 0 saturated carbocycles. The molecule has 6 heteroatoms.